The maximum atomic E-state index is 9.49. The third kappa shape index (κ3) is 1.30. The molecule has 0 bridgehead atoms. The second kappa shape index (κ2) is 2.97. The van der Waals surface area contributed by atoms with Crippen molar-refractivity contribution in [3.8, 4) is 5.75 Å². The molecular formula is C9H9N3O. The minimum atomic E-state index is 0.213. The molecule has 66 valence electrons. The molecule has 2 heterocycles. The molecule has 0 fully saturated rings. The first-order valence-corrected chi connectivity index (χ1v) is 4.10. The fourth-order valence-electron chi connectivity index (χ4n) is 1.21. The van der Waals surface area contributed by atoms with Gasteiger partial charge in [-0.15, -0.1) is 0 Å². The quantitative estimate of drug-likeness (QED) is 0.709. The van der Waals surface area contributed by atoms with Crippen LogP contribution >= 0.6 is 0 Å². The fraction of sp³-hybridized carbons (Fsp3) is 0.222. The molecule has 0 aliphatic rings. The Morgan fingerprint density at radius 1 is 1.46 bits per heavy atom. The van der Waals surface area contributed by atoms with Crippen LogP contribution in [-0.2, 0) is 6.42 Å². The van der Waals surface area contributed by atoms with Crippen LogP contribution in [0, 0.1) is 0 Å². The summed E-state index contributed by atoms with van der Waals surface area (Å²) in [6.07, 6.45) is 3.78. The van der Waals surface area contributed by atoms with Crippen molar-refractivity contribution in [3.05, 3.63) is 24.3 Å². The Bertz CT molecular complexity index is 442. The number of hydrogen-bond donors (Lipinski definition) is 1. The Hall–Kier alpha value is -1.71. The second-order valence-electron chi connectivity index (χ2n) is 2.74. The Morgan fingerprint density at radius 2 is 2.31 bits per heavy atom. The highest BCUT2D eigenvalue weighted by Gasteiger charge is 2.03. The predicted octanol–water partition coefficient (Wildman–Crippen LogP) is 1.29. The molecule has 0 spiro atoms. The van der Waals surface area contributed by atoms with Crippen molar-refractivity contribution in [1.29, 1.82) is 0 Å². The monoisotopic (exact) mass is 175 g/mol. The summed E-state index contributed by atoms with van der Waals surface area (Å²) in [7, 11) is 0. The third-order valence-electron chi connectivity index (χ3n) is 1.88. The van der Waals surface area contributed by atoms with E-state index in [0.29, 0.717) is 17.8 Å². The molecule has 0 atom stereocenters. The van der Waals surface area contributed by atoms with Crippen LogP contribution in [0.15, 0.2) is 18.6 Å². The maximum absolute atomic E-state index is 9.49. The van der Waals surface area contributed by atoms with Crippen molar-refractivity contribution in [2.75, 3.05) is 0 Å². The molecule has 4 nitrogen and oxygen atoms in total. The standard InChI is InChI=1S/C9H9N3O/c1-2-7-8(13)3-6-4-10-5-11-9(6)12-7/h3-5,13H,2H2,1H3. The van der Waals surface area contributed by atoms with Crippen molar-refractivity contribution >= 4 is 11.0 Å². The smallest absolute Gasteiger partial charge is 0.162 e. The number of aryl methyl sites for hydroxylation is 1. The van der Waals surface area contributed by atoms with E-state index in [2.05, 4.69) is 15.0 Å². The van der Waals surface area contributed by atoms with E-state index >= 15 is 0 Å². The van der Waals surface area contributed by atoms with Gasteiger partial charge in [0.1, 0.15) is 12.1 Å². The first kappa shape index (κ1) is 7.91. The van der Waals surface area contributed by atoms with Gasteiger partial charge < -0.3 is 5.11 Å². The first-order valence-electron chi connectivity index (χ1n) is 4.10. The van der Waals surface area contributed by atoms with Gasteiger partial charge in [0, 0.05) is 11.6 Å². The van der Waals surface area contributed by atoms with Gasteiger partial charge in [-0.25, -0.2) is 15.0 Å². The molecule has 2 rings (SSSR count). The van der Waals surface area contributed by atoms with E-state index in [1.807, 2.05) is 6.92 Å². The number of fused-ring (bicyclic) bond motifs is 1. The molecule has 0 saturated carbocycles. The van der Waals surface area contributed by atoms with E-state index < -0.39 is 0 Å². The molecule has 13 heavy (non-hydrogen) atoms. The van der Waals surface area contributed by atoms with Gasteiger partial charge in [0.05, 0.1) is 5.69 Å². The zero-order chi connectivity index (χ0) is 9.26. The van der Waals surface area contributed by atoms with Crippen molar-refractivity contribution in [2.24, 2.45) is 0 Å². The molecule has 1 N–H and O–H groups in total. The average Bonchev–Trinajstić information content (AvgIpc) is 2.17. The molecule has 2 aromatic heterocycles. The van der Waals surface area contributed by atoms with Gasteiger partial charge in [-0.3, -0.25) is 0 Å². The number of rotatable bonds is 1. The van der Waals surface area contributed by atoms with Gasteiger partial charge in [-0.05, 0) is 12.5 Å². The Balaban J connectivity index is 2.74. The van der Waals surface area contributed by atoms with Crippen LogP contribution in [-0.4, -0.2) is 20.1 Å². The van der Waals surface area contributed by atoms with Gasteiger partial charge in [-0.1, -0.05) is 6.92 Å². The Kier molecular flexibility index (Phi) is 1.81. The SMILES string of the molecule is CCc1nc2ncncc2cc1O. The topological polar surface area (TPSA) is 58.9 Å². The summed E-state index contributed by atoms with van der Waals surface area (Å²) in [5.41, 5.74) is 1.30. The number of aromatic nitrogens is 3. The first-order chi connectivity index (χ1) is 6.31. The largest absolute Gasteiger partial charge is 0.506 e. The number of aromatic hydroxyl groups is 1. The van der Waals surface area contributed by atoms with E-state index in [1.54, 1.807) is 12.3 Å². The van der Waals surface area contributed by atoms with E-state index in [1.165, 1.54) is 6.33 Å². The molecule has 0 unspecified atom stereocenters. The molecule has 0 saturated heterocycles. The summed E-state index contributed by atoms with van der Waals surface area (Å²) in [5, 5.41) is 10.3. The fourth-order valence-corrected chi connectivity index (χ4v) is 1.21. The van der Waals surface area contributed by atoms with Crippen LogP contribution in [0.4, 0.5) is 0 Å². The van der Waals surface area contributed by atoms with Gasteiger partial charge in [0.25, 0.3) is 0 Å². The molecule has 0 amide bonds. The Morgan fingerprint density at radius 3 is 3.08 bits per heavy atom. The third-order valence-corrected chi connectivity index (χ3v) is 1.88. The summed E-state index contributed by atoms with van der Waals surface area (Å²) in [4.78, 5) is 12.0. The van der Waals surface area contributed by atoms with Crippen molar-refractivity contribution in [2.45, 2.75) is 13.3 Å². The lowest BCUT2D eigenvalue weighted by atomic mass is 10.2. The zero-order valence-electron chi connectivity index (χ0n) is 7.23. The van der Waals surface area contributed by atoms with E-state index in [-0.39, 0.29) is 5.75 Å². The van der Waals surface area contributed by atoms with Gasteiger partial charge in [-0.2, -0.15) is 0 Å². The molecule has 0 aliphatic carbocycles. The summed E-state index contributed by atoms with van der Waals surface area (Å²) in [5.74, 6) is 0.213. The number of nitrogens with zero attached hydrogens (tertiary/aromatic N) is 3. The molecular weight excluding hydrogens is 166 g/mol. The minimum absolute atomic E-state index is 0.213. The highest BCUT2D eigenvalue weighted by molar-refractivity contribution is 5.75. The average molecular weight is 175 g/mol. The normalized spacial score (nSPS) is 10.5. The van der Waals surface area contributed by atoms with Crippen LogP contribution < -0.4 is 0 Å². The van der Waals surface area contributed by atoms with Gasteiger partial charge in [0.2, 0.25) is 0 Å². The van der Waals surface area contributed by atoms with Gasteiger partial charge in [0.15, 0.2) is 5.65 Å². The minimum Gasteiger partial charge on any atom is -0.506 e. The van der Waals surface area contributed by atoms with E-state index in [0.717, 1.165) is 5.39 Å². The maximum Gasteiger partial charge on any atom is 0.162 e. The Labute approximate surface area is 75.3 Å². The van der Waals surface area contributed by atoms with Crippen molar-refractivity contribution < 1.29 is 5.11 Å². The van der Waals surface area contributed by atoms with Crippen molar-refractivity contribution in [1.82, 2.24) is 15.0 Å². The lowest BCUT2D eigenvalue weighted by molar-refractivity contribution is 0.466. The predicted molar refractivity (Wildman–Crippen MR) is 48.4 cm³/mol. The molecule has 2 aromatic rings. The molecule has 0 radical (unpaired) electrons. The number of hydrogen-bond acceptors (Lipinski definition) is 4. The highest BCUT2D eigenvalue weighted by atomic mass is 16.3. The van der Waals surface area contributed by atoms with E-state index in [9.17, 15) is 5.11 Å². The lowest BCUT2D eigenvalue weighted by Gasteiger charge is -2.01. The van der Waals surface area contributed by atoms with E-state index in [4.69, 9.17) is 0 Å². The highest BCUT2D eigenvalue weighted by Crippen LogP contribution is 2.19. The summed E-state index contributed by atoms with van der Waals surface area (Å²) in [6, 6.07) is 1.64. The summed E-state index contributed by atoms with van der Waals surface area (Å²) < 4.78 is 0. The zero-order valence-corrected chi connectivity index (χ0v) is 7.23. The van der Waals surface area contributed by atoms with Crippen LogP contribution in [0.1, 0.15) is 12.6 Å². The lowest BCUT2D eigenvalue weighted by Crippen LogP contribution is -1.91. The van der Waals surface area contributed by atoms with Crippen molar-refractivity contribution in [3.63, 3.8) is 0 Å². The molecule has 0 aromatic carbocycles. The number of pyridine rings is 1. The van der Waals surface area contributed by atoms with Gasteiger partial charge >= 0.3 is 0 Å². The summed E-state index contributed by atoms with van der Waals surface area (Å²) >= 11 is 0. The molecule has 0 aliphatic heterocycles. The molecule has 4 heteroatoms. The summed E-state index contributed by atoms with van der Waals surface area (Å²) in [6.45, 7) is 1.94. The van der Waals surface area contributed by atoms with Crippen LogP contribution in [0.3, 0.4) is 0 Å². The van der Waals surface area contributed by atoms with Crippen LogP contribution in [0.5, 0.6) is 5.75 Å². The van der Waals surface area contributed by atoms with Crippen LogP contribution in [0.25, 0.3) is 11.0 Å². The van der Waals surface area contributed by atoms with Crippen LogP contribution in [0.2, 0.25) is 0 Å². The second-order valence-corrected chi connectivity index (χ2v) is 2.74.